The maximum absolute atomic E-state index is 13.1. The highest BCUT2D eigenvalue weighted by molar-refractivity contribution is 5.73. The minimum absolute atomic E-state index is 0.0110. The molecule has 1 aliphatic carbocycles. The first-order valence-corrected chi connectivity index (χ1v) is 11.1. The third-order valence-corrected chi connectivity index (χ3v) is 5.98. The summed E-state index contributed by atoms with van der Waals surface area (Å²) in [6.45, 7) is 4.80. The van der Waals surface area contributed by atoms with Gasteiger partial charge in [0.2, 0.25) is 5.91 Å². The molecule has 3 atom stereocenters. The highest BCUT2D eigenvalue weighted by Crippen LogP contribution is 2.48. The molecule has 1 aromatic heterocycles. The van der Waals surface area contributed by atoms with E-state index < -0.39 is 11.8 Å². The number of pyridine rings is 1. The fraction of sp³-hybridized carbons (Fsp3) is 0.500. The molecule has 2 heterocycles. The van der Waals surface area contributed by atoms with Gasteiger partial charge in [-0.15, -0.1) is 0 Å². The molecule has 0 bridgehead atoms. The van der Waals surface area contributed by atoms with Crippen molar-refractivity contribution in [2.24, 2.45) is 5.92 Å². The fourth-order valence-corrected chi connectivity index (χ4v) is 3.97. The van der Waals surface area contributed by atoms with Crippen LogP contribution < -0.4 is 24.4 Å². The summed E-state index contributed by atoms with van der Waals surface area (Å²) in [6, 6.07) is 9.33. The second kappa shape index (κ2) is 9.41. The predicted molar refractivity (Wildman–Crippen MR) is 119 cm³/mol. The van der Waals surface area contributed by atoms with E-state index in [4.69, 9.17) is 14.2 Å². The average molecular weight is 462 g/mol. The number of anilines is 1. The number of methoxy groups -OCH3 is 1. The van der Waals surface area contributed by atoms with Gasteiger partial charge in [-0.25, -0.2) is 13.8 Å². The van der Waals surface area contributed by atoms with Gasteiger partial charge in [-0.2, -0.15) is 0 Å². The first-order chi connectivity index (χ1) is 15.7. The fourth-order valence-electron chi connectivity index (χ4n) is 3.97. The Morgan fingerprint density at radius 1 is 1.30 bits per heavy atom. The number of carbonyl (C=O) groups is 1. The first kappa shape index (κ1) is 23.1. The van der Waals surface area contributed by atoms with Crippen LogP contribution in [-0.2, 0) is 4.79 Å². The van der Waals surface area contributed by atoms with Crippen molar-refractivity contribution >= 4 is 11.7 Å². The van der Waals surface area contributed by atoms with E-state index in [-0.39, 0.29) is 31.1 Å². The molecule has 1 N–H and O–H groups in total. The molecule has 0 radical (unpaired) electrons. The quantitative estimate of drug-likeness (QED) is 0.609. The minimum atomic E-state index is -2.61. The van der Waals surface area contributed by atoms with Crippen LogP contribution >= 0.6 is 0 Å². The molecular weight excluding hydrogens is 432 g/mol. The van der Waals surface area contributed by atoms with Crippen LogP contribution in [0.3, 0.4) is 0 Å². The number of amides is 1. The van der Waals surface area contributed by atoms with Crippen LogP contribution in [0.4, 0.5) is 14.6 Å². The van der Waals surface area contributed by atoms with Crippen LogP contribution in [-0.4, -0.2) is 49.7 Å². The zero-order chi connectivity index (χ0) is 23.6. The topological polar surface area (TPSA) is 72.9 Å². The third kappa shape index (κ3) is 5.64. The standard InChI is InChI=1S/C24H29F2N3O4/c1-15(28-16(2)30)17-4-6-19(7-5-17)33-20-8-9-29(13-20)23-22(31-3)10-21(12-27-23)32-14-18-11-24(18,25)26/h4-7,10,12,15,18,20H,8-9,11,13-14H2,1-3H3,(H,28,30)/t15-,18?,20?/m0/s1. The Hall–Kier alpha value is -3.10. The monoisotopic (exact) mass is 461 g/mol. The molecule has 2 unspecified atom stereocenters. The van der Waals surface area contributed by atoms with Crippen LogP contribution in [0, 0.1) is 5.92 Å². The number of hydrogen-bond donors (Lipinski definition) is 1. The van der Waals surface area contributed by atoms with Crippen molar-refractivity contribution in [3.8, 4) is 17.2 Å². The summed E-state index contributed by atoms with van der Waals surface area (Å²) >= 11 is 0. The summed E-state index contributed by atoms with van der Waals surface area (Å²) in [7, 11) is 1.55. The molecule has 9 heteroatoms. The van der Waals surface area contributed by atoms with Gasteiger partial charge < -0.3 is 24.4 Å². The summed E-state index contributed by atoms with van der Waals surface area (Å²) in [5, 5.41) is 2.86. The van der Waals surface area contributed by atoms with Crippen molar-refractivity contribution < 1.29 is 27.8 Å². The zero-order valence-electron chi connectivity index (χ0n) is 19.0. The highest BCUT2D eigenvalue weighted by Gasteiger charge is 2.57. The lowest BCUT2D eigenvalue weighted by molar-refractivity contribution is -0.119. The maximum atomic E-state index is 13.1. The molecule has 1 aromatic carbocycles. The number of halogens is 2. The molecule has 1 saturated carbocycles. The van der Waals surface area contributed by atoms with Crippen molar-refractivity contribution in [1.29, 1.82) is 0 Å². The Morgan fingerprint density at radius 2 is 2.03 bits per heavy atom. The van der Waals surface area contributed by atoms with Gasteiger partial charge in [-0.3, -0.25) is 4.79 Å². The van der Waals surface area contributed by atoms with Crippen molar-refractivity contribution in [2.45, 2.75) is 44.8 Å². The molecule has 7 nitrogen and oxygen atoms in total. The molecule has 2 fully saturated rings. The first-order valence-electron chi connectivity index (χ1n) is 11.1. The van der Waals surface area contributed by atoms with Gasteiger partial charge >= 0.3 is 0 Å². The lowest BCUT2D eigenvalue weighted by Crippen LogP contribution is -2.25. The summed E-state index contributed by atoms with van der Waals surface area (Å²) in [5.41, 5.74) is 1.01. The Morgan fingerprint density at radius 3 is 2.67 bits per heavy atom. The molecule has 178 valence electrons. The van der Waals surface area contributed by atoms with Crippen LogP contribution in [0.5, 0.6) is 17.2 Å². The van der Waals surface area contributed by atoms with E-state index in [1.54, 1.807) is 19.4 Å². The summed E-state index contributed by atoms with van der Waals surface area (Å²) in [5.74, 6) is -1.00. The smallest absolute Gasteiger partial charge is 0.255 e. The molecular formula is C24H29F2N3O4. The van der Waals surface area contributed by atoms with Crippen LogP contribution in [0.25, 0.3) is 0 Å². The molecule has 2 aromatic rings. The second-order valence-corrected chi connectivity index (χ2v) is 8.64. The molecule has 1 amide bonds. The van der Waals surface area contributed by atoms with Crippen molar-refractivity contribution in [1.82, 2.24) is 10.3 Å². The van der Waals surface area contributed by atoms with E-state index in [0.29, 0.717) is 23.9 Å². The maximum Gasteiger partial charge on any atom is 0.255 e. The molecule has 33 heavy (non-hydrogen) atoms. The number of nitrogens with one attached hydrogen (secondary N) is 1. The van der Waals surface area contributed by atoms with Crippen molar-refractivity contribution in [3.63, 3.8) is 0 Å². The van der Waals surface area contributed by atoms with Crippen LogP contribution in [0.1, 0.15) is 38.3 Å². The number of benzene rings is 1. The second-order valence-electron chi connectivity index (χ2n) is 8.64. The van der Waals surface area contributed by atoms with Gasteiger partial charge in [0.15, 0.2) is 11.6 Å². The highest BCUT2D eigenvalue weighted by atomic mass is 19.3. The summed E-state index contributed by atoms with van der Waals surface area (Å²) in [6.07, 6.45) is 2.23. The number of aromatic nitrogens is 1. The summed E-state index contributed by atoms with van der Waals surface area (Å²) < 4.78 is 43.2. The lowest BCUT2D eigenvalue weighted by Gasteiger charge is -2.21. The summed E-state index contributed by atoms with van der Waals surface area (Å²) in [4.78, 5) is 17.8. The van der Waals surface area contributed by atoms with E-state index in [1.165, 1.54) is 6.92 Å². The van der Waals surface area contributed by atoms with Gasteiger partial charge in [0.1, 0.15) is 17.6 Å². The number of alkyl halides is 2. The SMILES string of the molecule is COc1cc(OCC2CC2(F)F)cnc1N1CCC(Oc2ccc([C@H](C)NC(C)=O)cc2)C1. The number of carbonyl (C=O) groups excluding carboxylic acids is 1. The van der Waals surface area contributed by atoms with Crippen molar-refractivity contribution in [3.05, 3.63) is 42.1 Å². The number of ether oxygens (including phenoxy) is 3. The van der Waals surface area contributed by atoms with E-state index in [0.717, 1.165) is 24.3 Å². The Kier molecular flexibility index (Phi) is 6.58. The molecule has 4 rings (SSSR count). The van der Waals surface area contributed by atoms with Crippen LogP contribution in [0.2, 0.25) is 0 Å². The van der Waals surface area contributed by atoms with Gasteiger partial charge in [-0.05, 0) is 24.6 Å². The van der Waals surface area contributed by atoms with E-state index in [9.17, 15) is 13.6 Å². The van der Waals surface area contributed by atoms with Gasteiger partial charge in [0.05, 0.1) is 38.4 Å². The number of nitrogens with zero attached hydrogens (tertiary/aromatic N) is 2. The van der Waals surface area contributed by atoms with Gasteiger partial charge in [0.25, 0.3) is 5.92 Å². The van der Waals surface area contributed by atoms with E-state index >= 15 is 0 Å². The minimum Gasteiger partial charge on any atom is -0.493 e. The Labute approximate surface area is 192 Å². The zero-order valence-corrected chi connectivity index (χ0v) is 19.0. The molecule has 1 aliphatic heterocycles. The molecule has 0 spiro atoms. The normalized spacial score (nSPS) is 21.9. The van der Waals surface area contributed by atoms with Crippen LogP contribution in [0.15, 0.2) is 36.5 Å². The lowest BCUT2D eigenvalue weighted by atomic mass is 10.1. The van der Waals surface area contributed by atoms with E-state index in [1.807, 2.05) is 31.2 Å². The largest absolute Gasteiger partial charge is 0.493 e. The van der Waals surface area contributed by atoms with Crippen molar-refractivity contribution in [2.75, 3.05) is 31.7 Å². The van der Waals surface area contributed by atoms with Gasteiger partial charge in [0, 0.05) is 32.4 Å². The Balaban J connectivity index is 1.33. The molecule has 2 aliphatic rings. The Bertz CT molecular complexity index is 986. The predicted octanol–water partition coefficient (Wildman–Crippen LogP) is 3.98. The third-order valence-electron chi connectivity index (χ3n) is 5.98. The van der Waals surface area contributed by atoms with Gasteiger partial charge in [-0.1, -0.05) is 12.1 Å². The number of hydrogen-bond acceptors (Lipinski definition) is 6. The van der Waals surface area contributed by atoms with E-state index in [2.05, 4.69) is 15.2 Å². The number of rotatable bonds is 9. The average Bonchev–Trinajstić information content (AvgIpc) is 3.16. The molecule has 1 saturated heterocycles.